The summed E-state index contributed by atoms with van der Waals surface area (Å²) in [4.78, 5) is 0.323. The first kappa shape index (κ1) is 16.7. The fourth-order valence-electron chi connectivity index (χ4n) is 2.12. The Balaban J connectivity index is 1.66. The second-order valence-corrected chi connectivity index (χ2v) is 8.74. The van der Waals surface area contributed by atoms with Gasteiger partial charge >= 0.3 is 0 Å². The molecular weight excluding hydrogens is 346 g/mol. The number of hydrogen-bond acceptors (Lipinski definition) is 5. The van der Waals surface area contributed by atoms with Crippen LogP contribution in [0.25, 0.3) is 0 Å². The molecule has 4 N–H and O–H groups in total. The molecule has 1 heterocycles. The van der Waals surface area contributed by atoms with Crippen molar-refractivity contribution in [1.29, 1.82) is 5.41 Å². The molecule has 0 radical (unpaired) electrons. The summed E-state index contributed by atoms with van der Waals surface area (Å²) in [5.74, 6) is 2.15. The number of ether oxygens (including phenoxy) is 1. The van der Waals surface area contributed by atoms with E-state index in [2.05, 4.69) is 5.32 Å². The van der Waals surface area contributed by atoms with Crippen molar-refractivity contribution >= 4 is 33.2 Å². The lowest BCUT2D eigenvalue weighted by atomic mass is 10.3. The third-order valence-corrected chi connectivity index (χ3v) is 6.37. The summed E-state index contributed by atoms with van der Waals surface area (Å²) in [5.41, 5.74) is 5.95. The number of thioether (sulfide) groups is 1. The molecule has 0 amide bonds. The summed E-state index contributed by atoms with van der Waals surface area (Å²) in [5, 5.41) is 10.1. The lowest BCUT2D eigenvalue weighted by molar-refractivity contribution is 0.482. The van der Waals surface area contributed by atoms with Gasteiger partial charge in [0.05, 0.1) is 10.6 Å². The van der Waals surface area contributed by atoms with E-state index < -0.39 is 9.84 Å². The SMILES string of the molecule is N=C(N)Nc1ccc(Oc2ccc(S(=O)(=O)CC3CS3)cc2)cc1. The van der Waals surface area contributed by atoms with E-state index in [1.165, 1.54) is 0 Å². The smallest absolute Gasteiger partial charge is 0.190 e. The highest BCUT2D eigenvalue weighted by Crippen LogP contribution is 2.33. The molecule has 126 valence electrons. The standard InChI is InChI=1S/C16H17N3O3S2/c17-16(18)19-11-1-3-12(4-2-11)22-13-5-7-15(8-6-13)24(20,21)10-14-9-23-14/h1-8,14H,9-10H2,(H4,17,18,19). The fourth-order valence-corrected chi connectivity index (χ4v) is 4.79. The van der Waals surface area contributed by atoms with Crippen LogP contribution >= 0.6 is 11.8 Å². The Hall–Kier alpha value is -2.19. The van der Waals surface area contributed by atoms with E-state index in [1.54, 1.807) is 60.3 Å². The van der Waals surface area contributed by atoms with Gasteiger partial charge in [0.25, 0.3) is 0 Å². The zero-order valence-corrected chi connectivity index (χ0v) is 14.4. The van der Waals surface area contributed by atoms with Crippen molar-refractivity contribution in [2.45, 2.75) is 10.1 Å². The van der Waals surface area contributed by atoms with Crippen LogP contribution in [0.5, 0.6) is 11.5 Å². The molecule has 1 unspecified atom stereocenters. The van der Waals surface area contributed by atoms with Crippen molar-refractivity contribution in [1.82, 2.24) is 0 Å². The third-order valence-electron chi connectivity index (χ3n) is 3.36. The Morgan fingerprint density at radius 3 is 2.21 bits per heavy atom. The zero-order valence-electron chi connectivity index (χ0n) is 12.7. The highest BCUT2D eigenvalue weighted by atomic mass is 32.2. The third kappa shape index (κ3) is 4.42. The minimum Gasteiger partial charge on any atom is -0.457 e. The molecule has 1 aliphatic rings. The molecule has 6 nitrogen and oxygen atoms in total. The molecular formula is C16H17N3O3S2. The number of sulfone groups is 1. The first-order valence-electron chi connectivity index (χ1n) is 7.26. The second kappa shape index (κ2) is 6.74. The van der Waals surface area contributed by atoms with Gasteiger partial charge in [0, 0.05) is 16.7 Å². The average Bonchev–Trinajstić information content (AvgIpc) is 3.33. The molecule has 0 spiro atoms. The highest BCUT2D eigenvalue weighted by molar-refractivity contribution is 8.08. The Kier molecular flexibility index (Phi) is 4.68. The second-order valence-electron chi connectivity index (χ2n) is 5.37. The summed E-state index contributed by atoms with van der Waals surface area (Å²) in [7, 11) is -3.22. The fraction of sp³-hybridized carbons (Fsp3) is 0.188. The summed E-state index contributed by atoms with van der Waals surface area (Å²) in [6.07, 6.45) is 0. The van der Waals surface area contributed by atoms with Crippen LogP contribution in [0.4, 0.5) is 5.69 Å². The highest BCUT2D eigenvalue weighted by Gasteiger charge is 2.29. The van der Waals surface area contributed by atoms with E-state index in [9.17, 15) is 8.42 Å². The van der Waals surface area contributed by atoms with E-state index in [0.717, 1.165) is 5.75 Å². The molecule has 0 aromatic heterocycles. The molecule has 1 atom stereocenters. The molecule has 1 saturated heterocycles. The van der Waals surface area contributed by atoms with Crippen LogP contribution in [0.3, 0.4) is 0 Å². The van der Waals surface area contributed by atoms with Gasteiger partial charge in [-0.25, -0.2) is 8.42 Å². The maximum Gasteiger partial charge on any atom is 0.190 e. The number of anilines is 1. The number of guanidine groups is 1. The van der Waals surface area contributed by atoms with E-state index in [-0.39, 0.29) is 17.0 Å². The molecule has 24 heavy (non-hydrogen) atoms. The topological polar surface area (TPSA) is 105 Å². The molecule has 3 rings (SSSR count). The molecule has 1 fully saturated rings. The van der Waals surface area contributed by atoms with Crippen LogP contribution in [0.15, 0.2) is 53.4 Å². The van der Waals surface area contributed by atoms with Gasteiger partial charge in [0.1, 0.15) is 11.5 Å². The monoisotopic (exact) mass is 363 g/mol. The maximum atomic E-state index is 12.2. The minimum atomic E-state index is -3.22. The van der Waals surface area contributed by atoms with E-state index in [4.69, 9.17) is 15.9 Å². The number of rotatable bonds is 6. The van der Waals surface area contributed by atoms with Crippen LogP contribution < -0.4 is 15.8 Å². The van der Waals surface area contributed by atoms with Crippen LogP contribution in [0, 0.1) is 5.41 Å². The van der Waals surface area contributed by atoms with Gasteiger partial charge in [-0.3, -0.25) is 5.41 Å². The van der Waals surface area contributed by atoms with E-state index in [1.807, 2.05) is 0 Å². The molecule has 2 aromatic carbocycles. The molecule has 0 aliphatic carbocycles. The average molecular weight is 363 g/mol. The van der Waals surface area contributed by atoms with E-state index in [0.29, 0.717) is 22.1 Å². The van der Waals surface area contributed by atoms with Gasteiger partial charge in [-0.05, 0) is 48.5 Å². The number of nitrogens with one attached hydrogen (secondary N) is 2. The van der Waals surface area contributed by atoms with Gasteiger partial charge in [-0.15, -0.1) is 0 Å². The van der Waals surface area contributed by atoms with Crippen LogP contribution in [-0.4, -0.2) is 31.1 Å². The molecule has 1 aliphatic heterocycles. The number of hydrogen-bond donors (Lipinski definition) is 3. The summed E-state index contributed by atoms with van der Waals surface area (Å²) < 4.78 is 30.1. The van der Waals surface area contributed by atoms with Gasteiger partial charge in [0.15, 0.2) is 15.8 Å². The Morgan fingerprint density at radius 2 is 1.71 bits per heavy atom. The normalized spacial score (nSPS) is 16.4. The first-order chi connectivity index (χ1) is 11.4. The largest absolute Gasteiger partial charge is 0.457 e. The van der Waals surface area contributed by atoms with Gasteiger partial charge < -0.3 is 15.8 Å². The summed E-state index contributed by atoms with van der Waals surface area (Å²) >= 11 is 1.67. The molecule has 8 heteroatoms. The van der Waals surface area contributed by atoms with Crippen molar-refractivity contribution in [3.63, 3.8) is 0 Å². The molecule has 0 bridgehead atoms. The predicted octanol–water partition coefficient (Wildman–Crippen LogP) is 2.67. The Bertz CT molecular complexity index is 830. The van der Waals surface area contributed by atoms with Crippen molar-refractivity contribution in [2.75, 3.05) is 16.8 Å². The van der Waals surface area contributed by atoms with Crippen molar-refractivity contribution in [3.8, 4) is 11.5 Å². The zero-order chi connectivity index (χ0) is 17.2. The summed E-state index contributed by atoms with van der Waals surface area (Å²) in [6.45, 7) is 0. The number of nitrogens with two attached hydrogens (primary N) is 1. The van der Waals surface area contributed by atoms with Gasteiger partial charge in [0.2, 0.25) is 0 Å². The lowest BCUT2D eigenvalue weighted by Crippen LogP contribution is -2.20. The van der Waals surface area contributed by atoms with Crippen molar-refractivity contribution in [3.05, 3.63) is 48.5 Å². The van der Waals surface area contributed by atoms with Gasteiger partial charge in [-0.2, -0.15) is 11.8 Å². The maximum absolute atomic E-state index is 12.2. The van der Waals surface area contributed by atoms with Crippen molar-refractivity contribution < 1.29 is 13.2 Å². The molecule has 2 aromatic rings. The van der Waals surface area contributed by atoms with Crippen LogP contribution in [0.1, 0.15) is 0 Å². The Labute approximate surface area is 144 Å². The lowest BCUT2D eigenvalue weighted by Gasteiger charge is -2.09. The van der Waals surface area contributed by atoms with Gasteiger partial charge in [-0.1, -0.05) is 0 Å². The van der Waals surface area contributed by atoms with Crippen LogP contribution in [0.2, 0.25) is 0 Å². The summed E-state index contributed by atoms with van der Waals surface area (Å²) in [6, 6.07) is 13.4. The van der Waals surface area contributed by atoms with Crippen LogP contribution in [-0.2, 0) is 9.84 Å². The first-order valence-corrected chi connectivity index (χ1v) is 9.96. The predicted molar refractivity (Wildman–Crippen MR) is 96.8 cm³/mol. The van der Waals surface area contributed by atoms with Crippen molar-refractivity contribution in [2.24, 2.45) is 5.73 Å². The molecule has 0 saturated carbocycles. The minimum absolute atomic E-state index is 0.134. The quantitative estimate of drug-likeness (QED) is 0.414. The van der Waals surface area contributed by atoms with E-state index >= 15 is 0 Å². The number of benzene rings is 2. The Morgan fingerprint density at radius 1 is 1.17 bits per heavy atom.